The zero-order valence-corrected chi connectivity index (χ0v) is 31.3. The summed E-state index contributed by atoms with van der Waals surface area (Å²) in [5, 5.41) is 24.2. The Bertz CT molecular complexity index is 2110. The highest BCUT2D eigenvalue weighted by molar-refractivity contribution is 6.76. The van der Waals surface area contributed by atoms with Gasteiger partial charge in [-0.15, -0.1) is 0 Å². The highest BCUT2D eigenvalue weighted by Gasteiger charge is 2.56. The van der Waals surface area contributed by atoms with Crippen LogP contribution in [0.15, 0.2) is 36.9 Å². The highest BCUT2D eigenvalue weighted by Crippen LogP contribution is 2.53. The molecule has 2 aromatic heterocycles. The molecule has 3 aliphatic rings. The molecule has 2 amide bonds. The van der Waals surface area contributed by atoms with Crippen LogP contribution in [0.3, 0.4) is 0 Å². The van der Waals surface area contributed by atoms with Crippen molar-refractivity contribution in [3.63, 3.8) is 0 Å². The number of rotatable bonds is 10. The summed E-state index contributed by atoms with van der Waals surface area (Å²) in [5.41, 5.74) is 3.71. The first kappa shape index (κ1) is 35.7. The van der Waals surface area contributed by atoms with E-state index in [9.17, 15) is 20.0 Å². The van der Waals surface area contributed by atoms with E-state index in [-0.39, 0.29) is 52.0 Å². The molecule has 262 valence electrons. The highest BCUT2D eigenvalue weighted by atomic mass is 35.5. The number of carbonyl (C=O) groups excluding carboxylic acids is 1. The van der Waals surface area contributed by atoms with Crippen LogP contribution in [0, 0.1) is 23.1 Å². The molecule has 1 saturated carbocycles. The van der Waals surface area contributed by atoms with E-state index in [4.69, 9.17) is 32.9 Å². The number of carboxylic acid groups (broad SMARTS) is 1. The summed E-state index contributed by atoms with van der Waals surface area (Å²) in [6, 6.07) is 10.7. The number of nitriles is 1. The molecule has 4 heterocycles. The van der Waals surface area contributed by atoms with Gasteiger partial charge in [0.25, 0.3) is 0 Å². The molecule has 7 rings (SSSR count). The molecule has 1 aliphatic carbocycles. The monoisotopic (exact) mass is 735 g/mol. The van der Waals surface area contributed by atoms with E-state index in [2.05, 4.69) is 42.2 Å². The molecule has 2 N–H and O–H groups in total. The molecule has 2 aliphatic heterocycles. The van der Waals surface area contributed by atoms with E-state index < -0.39 is 32.1 Å². The van der Waals surface area contributed by atoms with Crippen LogP contribution in [0.5, 0.6) is 0 Å². The molecule has 2 aromatic carbocycles. The zero-order valence-electron chi connectivity index (χ0n) is 28.7. The smallest absolute Gasteiger partial charge is 0.407 e. The maximum atomic E-state index is 17.2. The number of allylic oxidation sites excluding steroid dienone is 1. The fourth-order valence-corrected chi connectivity index (χ4v) is 8.55. The van der Waals surface area contributed by atoms with Crippen LogP contribution in [-0.4, -0.2) is 59.0 Å². The summed E-state index contributed by atoms with van der Waals surface area (Å²) in [5.74, 6) is -0.593. The minimum atomic E-state index is -1.43. The zero-order chi connectivity index (χ0) is 36.2. The number of benzene rings is 2. The fraction of sp³-hybridized carbons (Fsp3) is 0.405. The van der Waals surface area contributed by atoms with Gasteiger partial charge in [-0.3, -0.25) is 0 Å². The molecule has 4 aromatic rings. The molecule has 9 nitrogen and oxygen atoms in total. The molecular weight excluding hydrogens is 696 g/mol. The SMILES string of the molecule is C=C(C)c1nc2c(F)c(-c3cccc(Cl)c3Cl)c(CCC#N)cc2c2c1cc(C(C)NC(=O)OCC[Si](C)(C)C)n2[C@H]1[C@@H]2C[C@H]1N(C(=O)O)C2. The lowest BCUT2D eigenvalue weighted by Gasteiger charge is -2.39. The van der Waals surface area contributed by atoms with E-state index in [1.54, 1.807) is 25.1 Å². The molecule has 1 unspecified atom stereocenters. The van der Waals surface area contributed by atoms with Crippen molar-refractivity contribution < 1.29 is 23.8 Å². The number of fused-ring (bicyclic) bond motifs is 4. The number of halogens is 3. The van der Waals surface area contributed by atoms with Gasteiger partial charge in [0, 0.05) is 54.6 Å². The Kier molecular flexibility index (Phi) is 9.67. The van der Waals surface area contributed by atoms with Crippen molar-refractivity contribution in [2.75, 3.05) is 13.2 Å². The minimum Gasteiger partial charge on any atom is -0.465 e. The van der Waals surface area contributed by atoms with Gasteiger partial charge in [-0.05, 0) is 62.1 Å². The van der Waals surface area contributed by atoms with Crippen LogP contribution < -0.4 is 5.32 Å². The fourth-order valence-electron chi connectivity index (χ4n) is 7.44. The second-order valence-electron chi connectivity index (χ2n) is 14.6. The lowest BCUT2D eigenvalue weighted by atomic mass is 9.79. The minimum absolute atomic E-state index is 0.0188. The largest absolute Gasteiger partial charge is 0.465 e. The van der Waals surface area contributed by atoms with Crippen molar-refractivity contribution in [1.29, 1.82) is 5.26 Å². The van der Waals surface area contributed by atoms with Crippen molar-refractivity contribution in [1.82, 2.24) is 19.8 Å². The third kappa shape index (κ3) is 6.33. The van der Waals surface area contributed by atoms with Crippen molar-refractivity contribution in [3.05, 3.63) is 69.7 Å². The summed E-state index contributed by atoms with van der Waals surface area (Å²) in [7, 11) is -1.43. The number of hydrogen-bond donors (Lipinski definition) is 2. The van der Waals surface area contributed by atoms with Crippen molar-refractivity contribution in [2.45, 2.75) is 76.9 Å². The number of nitrogens with one attached hydrogen (secondary N) is 1. The molecule has 0 radical (unpaired) electrons. The molecule has 2 saturated heterocycles. The van der Waals surface area contributed by atoms with E-state index in [1.807, 2.05) is 19.1 Å². The van der Waals surface area contributed by atoms with Crippen molar-refractivity contribution >= 4 is 70.8 Å². The van der Waals surface area contributed by atoms with E-state index in [0.717, 1.165) is 6.04 Å². The molecule has 0 spiro atoms. The standard InChI is InChI=1S/C37H40Cl2FN5O4Si/c1-19(2)32-25-17-27(20(3)42-36(46)49-13-14-50(4,5)6)45(34-22-16-28(34)44(18-22)37(47)48)35(25)24-15-21(9-8-12-41)29(31(40)33(24)43-32)23-10-7-11-26(38)30(23)39/h7,10-11,15,17,20,22,28,34H,1,8-9,13-14,16,18H2,2-6H3,(H,42,46)(H,47,48)/t20?,22-,28-,34+/m1/s1. The molecule has 4 atom stereocenters. The van der Waals surface area contributed by atoms with E-state index >= 15 is 4.39 Å². The Morgan fingerprint density at radius 2 is 2.00 bits per heavy atom. The summed E-state index contributed by atoms with van der Waals surface area (Å²) in [4.78, 5) is 31.6. The normalized spacial score (nSPS) is 18.9. The van der Waals surface area contributed by atoms with Crippen LogP contribution in [0.25, 0.3) is 38.5 Å². The Morgan fingerprint density at radius 3 is 2.64 bits per heavy atom. The Morgan fingerprint density at radius 1 is 1.26 bits per heavy atom. The van der Waals surface area contributed by atoms with Gasteiger partial charge in [-0.1, -0.05) is 61.6 Å². The second kappa shape index (κ2) is 13.5. The van der Waals surface area contributed by atoms with Gasteiger partial charge in [0.1, 0.15) is 5.52 Å². The van der Waals surface area contributed by atoms with Gasteiger partial charge in [-0.2, -0.15) is 5.26 Å². The predicted octanol–water partition coefficient (Wildman–Crippen LogP) is 9.84. The van der Waals surface area contributed by atoms with Gasteiger partial charge >= 0.3 is 12.2 Å². The average Bonchev–Trinajstić information content (AvgIpc) is 3.74. The number of pyridine rings is 1. The van der Waals surface area contributed by atoms with Crippen LogP contribution in [0.2, 0.25) is 35.7 Å². The topological polar surface area (TPSA) is 120 Å². The number of ether oxygens (including phenoxy) is 1. The Labute approximate surface area is 301 Å². The average molecular weight is 737 g/mol. The number of amides is 2. The first-order valence-corrected chi connectivity index (χ1v) is 21.2. The van der Waals surface area contributed by atoms with Crippen LogP contribution >= 0.6 is 23.2 Å². The molecule has 50 heavy (non-hydrogen) atoms. The number of hydrogen-bond acceptors (Lipinski definition) is 5. The quantitative estimate of drug-likeness (QED) is 0.157. The molecule has 13 heteroatoms. The van der Waals surface area contributed by atoms with Gasteiger partial charge in [0.2, 0.25) is 0 Å². The predicted molar refractivity (Wildman–Crippen MR) is 198 cm³/mol. The number of aryl methyl sites for hydroxylation is 1. The van der Waals surface area contributed by atoms with Crippen LogP contribution in [-0.2, 0) is 11.2 Å². The van der Waals surface area contributed by atoms with Gasteiger partial charge < -0.3 is 24.6 Å². The van der Waals surface area contributed by atoms with Crippen molar-refractivity contribution in [2.24, 2.45) is 5.92 Å². The number of nitrogens with zero attached hydrogens (tertiary/aromatic N) is 4. The third-order valence-electron chi connectivity index (χ3n) is 9.91. The lowest BCUT2D eigenvalue weighted by molar-refractivity contribution is 0.123. The summed E-state index contributed by atoms with van der Waals surface area (Å²) in [6.45, 7) is 15.2. The van der Waals surface area contributed by atoms with Crippen LogP contribution in [0.4, 0.5) is 14.0 Å². The number of aromatic nitrogens is 2. The van der Waals surface area contributed by atoms with E-state index in [0.29, 0.717) is 63.9 Å². The summed E-state index contributed by atoms with van der Waals surface area (Å²) < 4.78 is 24.8. The van der Waals surface area contributed by atoms with Crippen LogP contribution in [0.1, 0.15) is 55.7 Å². The maximum Gasteiger partial charge on any atom is 0.407 e. The lowest BCUT2D eigenvalue weighted by Crippen LogP contribution is -2.43. The second-order valence-corrected chi connectivity index (χ2v) is 21.0. The van der Waals surface area contributed by atoms with Crippen molar-refractivity contribution in [3.8, 4) is 17.2 Å². The third-order valence-corrected chi connectivity index (χ3v) is 12.4. The summed E-state index contributed by atoms with van der Waals surface area (Å²) in [6.07, 6.45) is -0.470. The van der Waals surface area contributed by atoms with Gasteiger partial charge in [-0.25, -0.2) is 19.0 Å². The number of alkyl carbamates (subject to hydrolysis) is 1. The number of carbonyl (C=O) groups is 2. The molecular formula is C37H40Cl2FN5O4Si. The Hall–Kier alpha value is -4.11. The first-order valence-electron chi connectivity index (χ1n) is 16.7. The van der Waals surface area contributed by atoms with Gasteiger partial charge in [0.05, 0.1) is 52.1 Å². The maximum absolute atomic E-state index is 17.2. The first-order chi connectivity index (χ1) is 23.6. The Balaban J connectivity index is 1.61. The van der Waals surface area contributed by atoms with Gasteiger partial charge in [0.15, 0.2) is 5.82 Å². The van der Waals surface area contributed by atoms with E-state index in [1.165, 1.54) is 4.90 Å². The molecule has 3 fully saturated rings. The summed E-state index contributed by atoms with van der Waals surface area (Å²) >= 11 is 13.0. The molecule has 2 bridgehead atoms.